The predicted molar refractivity (Wildman–Crippen MR) is 77.7 cm³/mol. The minimum Gasteiger partial charge on any atom is -0.449 e. The maximum absolute atomic E-state index is 11.9. The van der Waals surface area contributed by atoms with E-state index in [2.05, 4.69) is 20.8 Å². The zero-order chi connectivity index (χ0) is 16.2. The summed E-state index contributed by atoms with van der Waals surface area (Å²) in [7, 11) is 0. The molecule has 0 aliphatic carbocycles. The Bertz CT molecular complexity index is 544. The topological polar surface area (TPSA) is 98.5 Å². The molecule has 1 atom stereocenters. The molecule has 3 N–H and O–H groups in total. The second-order valence-electron chi connectivity index (χ2n) is 5.73. The van der Waals surface area contributed by atoms with Crippen LogP contribution in [0.5, 0.6) is 0 Å². The minimum atomic E-state index is -1.10. The second-order valence-corrected chi connectivity index (χ2v) is 5.73. The number of benzene rings is 1. The number of amides is 3. The van der Waals surface area contributed by atoms with Crippen LogP contribution in [0.1, 0.15) is 43.6 Å². The van der Waals surface area contributed by atoms with Gasteiger partial charge in [-0.2, -0.15) is 0 Å². The summed E-state index contributed by atoms with van der Waals surface area (Å²) in [5.74, 6) is -1.40. The molecular formula is C15H20N2O4. The van der Waals surface area contributed by atoms with E-state index in [0.29, 0.717) is 5.56 Å². The summed E-state index contributed by atoms with van der Waals surface area (Å²) in [6.45, 7) is 7.56. The third kappa shape index (κ3) is 4.91. The highest BCUT2D eigenvalue weighted by Gasteiger charge is 2.20. The number of hydrogen-bond acceptors (Lipinski definition) is 4. The lowest BCUT2D eigenvalue weighted by Crippen LogP contribution is -2.42. The van der Waals surface area contributed by atoms with Crippen LogP contribution in [0.4, 0.5) is 4.79 Å². The van der Waals surface area contributed by atoms with E-state index in [1.807, 2.05) is 17.4 Å². The molecule has 0 fully saturated rings. The maximum Gasteiger partial charge on any atom is 0.338 e. The Hall–Kier alpha value is -2.37. The number of rotatable bonds is 3. The smallest absolute Gasteiger partial charge is 0.338 e. The number of hydrogen-bond donors (Lipinski definition) is 2. The third-order valence-corrected chi connectivity index (χ3v) is 2.89. The van der Waals surface area contributed by atoms with Gasteiger partial charge in [-0.25, -0.2) is 9.59 Å². The summed E-state index contributed by atoms with van der Waals surface area (Å²) in [6.07, 6.45) is -1.10. The van der Waals surface area contributed by atoms with Crippen LogP contribution in [0.15, 0.2) is 24.3 Å². The van der Waals surface area contributed by atoms with Crippen LogP contribution in [0, 0.1) is 0 Å². The van der Waals surface area contributed by atoms with Crippen molar-refractivity contribution in [3.63, 3.8) is 0 Å². The van der Waals surface area contributed by atoms with Crippen molar-refractivity contribution in [2.45, 2.75) is 39.2 Å². The van der Waals surface area contributed by atoms with Crippen molar-refractivity contribution in [3.05, 3.63) is 35.4 Å². The average molecular weight is 292 g/mol. The van der Waals surface area contributed by atoms with E-state index < -0.39 is 24.0 Å². The van der Waals surface area contributed by atoms with Crippen molar-refractivity contribution < 1.29 is 19.1 Å². The Morgan fingerprint density at radius 3 is 2.10 bits per heavy atom. The molecule has 114 valence electrons. The number of primary amides is 1. The van der Waals surface area contributed by atoms with Crippen molar-refractivity contribution in [1.82, 2.24) is 5.32 Å². The van der Waals surface area contributed by atoms with Gasteiger partial charge in [0.25, 0.3) is 5.91 Å². The van der Waals surface area contributed by atoms with Gasteiger partial charge in [0.2, 0.25) is 0 Å². The quantitative estimate of drug-likeness (QED) is 0.829. The highest BCUT2D eigenvalue weighted by atomic mass is 16.5. The van der Waals surface area contributed by atoms with E-state index in [1.54, 1.807) is 12.1 Å². The normalized spacial score (nSPS) is 12.4. The van der Waals surface area contributed by atoms with Crippen molar-refractivity contribution in [1.29, 1.82) is 0 Å². The summed E-state index contributed by atoms with van der Waals surface area (Å²) < 4.78 is 4.97. The molecule has 1 aromatic carbocycles. The summed E-state index contributed by atoms with van der Waals surface area (Å²) in [6, 6.07) is 5.97. The fourth-order valence-electron chi connectivity index (χ4n) is 1.61. The number of esters is 1. The van der Waals surface area contributed by atoms with Crippen LogP contribution in [-0.4, -0.2) is 24.0 Å². The number of carbonyl (C=O) groups is 3. The zero-order valence-electron chi connectivity index (χ0n) is 12.6. The van der Waals surface area contributed by atoms with Crippen molar-refractivity contribution in [2.75, 3.05) is 0 Å². The number of ether oxygens (including phenoxy) is 1. The molecular weight excluding hydrogens is 272 g/mol. The van der Waals surface area contributed by atoms with Gasteiger partial charge in [-0.05, 0) is 30.0 Å². The fourth-order valence-corrected chi connectivity index (χ4v) is 1.61. The first kappa shape index (κ1) is 16.7. The number of nitrogens with two attached hydrogens (primary N) is 1. The Labute approximate surface area is 123 Å². The molecule has 0 aliphatic heterocycles. The average Bonchev–Trinajstić information content (AvgIpc) is 2.36. The molecule has 1 rings (SSSR count). The molecule has 6 nitrogen and oxygen atoms in total. The molecule has 0 saturated carbocycles. The Kier molecular flexibility index (Phi) is 5.07. The van der Waals surface area contributed by atoms with Crippen LogP contribution in [0.25, 0.3) is 0 Å². The lowest BCUT2D eigenvalue weighted by Gasteiger charge is -2.19. The van der Waals surface area contributed by atoms with E-state index in [1.165, 1.54) is 6.92 Å². The number of urea groups is 1. The van der Waals surface area contributed by atoms with Crippen LogP contribution in [-0.2, 0) is 14.9 Å². The lowest BCUT2D eigenvalue weighted by molar-refractivity contribution is -0.127. The molecule has 1 unspecified atom stereocenters. The Morgan fingerprint density at radius 1 is 1.14 bits per heavy atom. The molecule has 0 saturated heterocycles. The number of nitrogens with one attached hydrogen (secondary N) is 1. The predicted octanol–water partition coefficient (Wildman–Crippen LogP) is 1.72. The molecule has 1 aromatic rings. The van der Waals surface area contributed by atoms with Crippen molar-refractivity contribution in [3.8, 4) is 0 Å². The molecule has 0 radical (unpaired) electrons. The van der Waals surface area contributed by atoms with Gasteiger partial charge in [0, 0.05) is 0 Å². The molecule has 3 amide bonds. The first-order valence-corrected chi connectivity index (χ1v) is 6.53. The van der Waals surface area contributed by atoms with E-state index in [4.69, 9.17) is 10.5 Å². The van der Waals surface area contributed by atoms with Crippen LogP contribution in [0.3, 0.4) is 0 Å². The molecule has 0 aliphatic rings. The van der Waals surface area contributed by atoms with Gasteiger partial charge in [-0.1, -0.05) is 32.9 Å². The zero-order valence-corrected chi connectivity index (χ0v) is 12.6. The Balaban J connectivity index is 2.72. The van der Waals surface area contributed by atoms with Gasteiger partial charge in [0.1, 0.15) is 0 Å². The van der Waals surface area contributed by atoms with E-state index in [0.717, 1.165) is 5.56 Å². The Morgan fingerprint density at radius 2 is 1.67 bits per heavy atom. The summed E-state index contributed by atoms with van der Waals surface area (Å²) in [5, 5.41) is 1.85. The first-order chi connectivity index (χ1) is 9.61. The van der Waals surface area contributed by atoms with Gasteiger partial charge >= 0.3 is 12.0 Å². The molecule has 0 heterocycles. The molecule has 0 spiro atoms. The minimum absolute atomic E-state index is 0.0168. The largest absolute Gasteiger partial charge is 0.449 e. The van der Waals surface area contributed by atoms with Gasteiger partial charge in [-0.15, -0.1) is 0 Å². The summed E-state index contributed by atoms with van der Waals surface area (Å²) in [5.41, 5.74) is 6.22. The number of imide groups is 1. The van der Waals surface area contributed by atoms with Crippen molar-refractivity contribution >= 4 is 17.9 Å². The highest BCUT2D eigenvalue weighted by Crippen LogP contribution is 2.22. The van der Waals surface area contributed by atoms with Crippen LogP contribution in [0.2, 0.25) is 0 Å². The van der Waals surface area contributed by atoms with Gasteiger partial charge < -0.3 is 10.5 Å². The summed E-state index contributed by atoms with van der Waals surface area (Å²) >= 11 is 0. The number of carbonyl (C=O) groups excluding carboxylic acids is 3. The molecule has 6 heteroatoms. The van der Waals surface area contributed by atoms with Crippen LogP contribution >= 0.6 is 0 Å². The first-order valence-electron chi connectivity index (χ1n) is 6.53. The second kappa shape index (κ2) is 6.39. The van der Waals surface area contributed by atoms with E-state index in [9.17, 15) is 14.4 Å². The monoisotopic (exact) mass is 292 g/mol. The van der Waals surface area contributed by atoms with Gasteiger partial charge in [-0.3, -0.25) is 10.1 Å². The maximum atomic E-state index is 11.9. The molecule has 0 bridgehead atoms. The van der Waals surface area contributed by atoms with Crippen molar-refractivity contribution in [2.24, 2.45) is 5.73 Å². The fraction of sp³-hybridized carbons (Fsp3) is 0.400. The SMILES string of the molecule is CC(OC(=O)c1ccc(C(C)(C)C)cc1)C(=O)NC(N)=O. The van der Waals surface area contributed by atoms with E-state index >= 15 is 0 Å². The van der Waals surface area contributed by atoms with Crippen LogP contribution < -0.4 is 11.1 Å². The molecule has 21 heavy (non-hydrogen) atoms. The van der Waals surface area contributed by atoms with Gasteiger partial charge in [0.05, 0.1) is 5.56 Å². The standard InChI is InChI=1S/C15H20N2O4/c1-9(12(18)17-14(16)20)21-13(19)10-5-7-11(8-6-10)15(2,3)4/h5-9H,1-4H3,(H3,16,17,18,20). The van der Waals surface area contributed by atoms with E-state index in [-0.39, 0.29) is 5.41 Å². The lowest BCUT2D eigenvalue weighted by atomic mass is 9.87. The summed E-state index contributed by atoms with van der Waals surface area (Å²) in [4.78, 5) is 33.9. The highest BCUT2D eigenvalue weighted by molar-refractivity contribution is 5.98. The third-order valence-electron chi connectivity index (χ3n) is 2.89. The molecule has 0 aromatic heterocycles. The van der Waals surface area contributed by atoms with Gasteiger partial charge in [0.15, 0.2) is 6.10 Å².